The number of ether oxygens (including phenoxy) is 1. The molecule has 760 valence electrons. The highest BCUT2D eigenvalue weighted by Gasteiger charge is 2.57. The molecule has 15 aromatic rings. The number of esters is 1. The van der Waals surface area contributed by atoms with Crippen LogP contribution in [0.25, 0.3) is 123 Å². The summed E-state index contributed by atoms with van der Waals surface area (Å²) in [7, 11) is -7.96. The Morgan fingerprint density at radius 3 is 0.884 bits per heavy atom. The molecular weight excluding hydrogens is 1980 g/mol. The normalized spacial score (nSPS) is 16.0. The lowest BCUT2D eigenvalue weighted by Crippen LogP contribution is -2.64. The van der Waals surface area contributed by atoms with Crippen molar-refractivity contribution in [1.29, 1.82) is 0 Å². The lowest BCUT2D eigenvalue weighted by atomic mass is 9.43. The molecule has 146 heavy (non-hydrogen) atoms. The number of nitrogens with two attached hydrogens (primary N) is 1. The molecule has 4 heterocycles. The molecule has 0 unspecified atom stereocenters. The lowest BCUT2D eigenvalue weighted by molar-refractivity contribution is -0.103. The van der Waals surface area contributed by atoms with Gasteiger partial charge in [0, 0.05) is 109 Å². The summed E-state index contributed by atoms with van der Waals surface area (Å²) in [5.74, 6) is -7.24. The molecule has 11 aromatic carbocycles. The van der Waals surface area contributed by atoms with Gasteiger partial charge in [-0.05, 0) is 327 Å². The molecule has 21 rings (SSSR count). The molecule has 4 bridgehead atoms. The van der Waals surface area contributed by atoms with Crippen LogP contribution < -0.4 is 27.0 Å². The van der Waals surface area contributed by atoms with E-state index in [0.717, 1.165) is 67.7 Å². The molecule has 7 N–H and O–H groups in total. The van der Waals surface area contributed by atoms with Gasteiger partial charge in [0.1, 0.15) is 91.7 Å². The van der Waals surface area contributed by atoms with Gasteiger partial charge >= 0.3 is 11.9 Å². The van der Waals surface area contributed by atoms with E-state index < -0.39 is 127 Å². The Balaban J connectivity index is 0.000000144. The van der Waals surface area contributed by atoms with E-state index in [1.54, 1.807) is 58.0 Å². The Bertz CT molecular complexity index is 8290. The minimum atomic E-state index is -3.55. The van der Waals surface area contributed by atoms with Crippen LogP contribution >= 0.6 is 0 Å². The molecule has 6 aliphatic rings. The number of carboxylic acid groups (broad SMARTS) is 1. The number of aryl methyl sites for hydroxylation is 1. The van der Waals surface area contributed by atoms with Crippen LogP contribution in [0.3, 0.4) is 0 Å². The summed E-state index contributed by atoms with van der Waals surface area (Å²) in [4.78, 5) is 88.6. The molecule has 6 fully saturated rings. The molecular formula is C109H100F7N5O21S4. The van der Waals surface area contributed by atoms with Crippen molar-refractivity contribution >= 4 is 125 Å². The predicted molar refractivity (Wildman–Crippen MR) is 540 cm³/mol. The minimum Gasteiger partial charge on any atom is -0.478 e. The Morgan fingerprint density at radius 2 is 0.623 bits per heavy atom. The van der Waals surface area contributed by atoms with Crippen molar-refractivity contribution in [2.45, 2.75) is 107 Å². The number of fused-ring (bicyclic) bond motifs is 4. The van der Waals surface area contributed by atoms with Crippen molar-refractivity contribution in [3.05, 3.63) is 308 Å². The molecule has 0 atom stereocenters. The third kappa shape index (κ3) is 23.6. The van der Waals surface area contributed by atoms with Crippen LogP contribution in [0.1, 0.15) is 166 Å². The second-order valence-corrected chi connectivity index (χ2v) is 47.0. The Kier molecular flexibility index (Phi) is 29.7. The van der Waals surface area contributed by atoms with E-state index in [1.165, 1.54) is 205 Å². The summed E-state index contributed by atoms with van der Waals surface area (Å²) in [6.45, 7) is 6.76. The van der Waals surface area contributed by atoms with Crippen LogP contribution in [0, 0.1) is 64.9 Å². The van der Waals surface area contributed by atoms with Crippen LogP contribution in [-0.2, 0) is 67.1 Å². The first kappa shape index (κ1) is 106. The maximum atomic E-state index is 14.9. The number of benzene rings is 11. The fourth-order valence-corrected chi connectivity index (χ4v) is 22.0. The molecule has 0 spiro atoms. The maximum Gasteiger partial charge on any atom is 0.341 e. The standard InChI is InChI=1S/C31H27F2NO5S.C29H27F2NO6S.C25H19F2NO6S.C19H18FNO4S.C5H9N/c1-34-30(36)28-24-11-22(19-5-8-25(33)23(9-19)26(35)15-31-12-17(13-31)14-31)20(16-40(2,37)38)10-27(24)39-29(28)18-3-6-21(32)7-4-18;1-29(2,3)38-28(34)21-12-17(8-11-23(21)31)20-14-22-24(13-18(20)15-39(5,35)36)37-26(25(22)27(33)32-4)16-6-9-19(30)10-7-16;1-28-24(29)22-19-11-17(14-5-8-20(27)18(9-14)25(30)31)15(12-35(2,32)33)10-21(19)34-23(22)13-3-6-16(26)7-4-13;1-11-8-15-16(9-13(11)10-26(3,23)24)25-18(17(15)19(22)21-2)12-4-6-14(20)7-5-12;6-5-1-4(2-5)3-5/h3-11,17H,12-16H2,1-2H3,(H,34,36);6-14H,15H2,1-5H3,(H,32,33);3-11H,12H2,1-2H3,(H,28,29)(H,30,31);4-9H,10H2,1-3H3,(H,21,22);4H,1-3,6H2. The molecule has 37 heteroatoms. The highest BCUT2D eigenvalue weighted by Crippen LogP contribution is 2.66. The number of rotatable bonds is 24. The quantitative estimate of drug-likeness (QED) is 0.0186. The third-order valence-corrected chi connectivity index (χ3v) is 28.9. The zero-order valence-electron chi connectivity index (χ0n) is 81.0. The van der Waals surface area contributed by atoms with Crippen LogP contribution in [-0.4, -0.2) is 144 Å². The number of aromatic carboxylic acids is 1. The van der Waals surface area contributed by atoms with Gasteiger partial charge in [-0.2, -0.15) is 0 Å². The minimum absolute atomic E-state index is 0.000513. The van der Waals surface area contributed by atoms with Gasteiger partial charge in [-0.1, -0.05) is 18.2 Å². The fourth-order valence-electron chi connectivity index (χ4n) is 18.7. The topological polar surface area (TPSA) is 412 Å². The Labute approximate surface area is 835 Å². The molecule has 26 nitrogen and oxygen atoms in total. The van der Waals surface area contributed by atoms with Gasteiger partial charge < -0.3 is 54.5 Å². The zero-order chi connectivity index (χ0) is 106. The van der Waals surface area contributed by atoms with E-state index in [0.29, 0.717) is 123 Å². The first-order chi connectivity index (χ1) is 68.6. The highest BCUT2D eigenvalue weighted by molar-refractivity contribution is 7.90. The monoisotopic (exact) mass is 2080 g/mol. The van der Waals surface area contributed by atoms with E-state index in [-0.39, 0.29) is 107 Å². The third-order valence-electron chi connectivity index (χ3n) is 25.6. The molecule has 0 radical (unpaired) electrons. The van der Waals surface area contributed by atoms with Gasteiger partial charge in [0.2, 0.25) is 0 Å². The number of amides is 4. The van der Waals surface area contributed by atoms with E-state index >= 15 is 0 Å². The maximum absolute atomic E-state index is 14.9. The summed E-state index contributed by atoms with van der Waals surface area (Å²) in [5, 5.41) is 21.3. The van der Waals surface area contributed by atoms with Crippen molar-refractivity contribution < 1.29 is 125 Å². The van der Waals surface area contributed by atoms with E-state index in [1.807, 2.05) is 0 Å². The van der Waals surface area contributed by atoms with Crippen molar-refractivity contribution in [3.63, 3.8) is 0 Å². The van der Waals surface area contributed by atoms with Gasteiger partial charge in [-0.25, -0.2) is 74.0 Å². The van der Waals surface area contributed by atoms with Crippen molar-refractivity contribution in [1.82, 2.24) is 21.3 Å². The summed E-state index contributed by atoms with van der Waals surface area (Å²) < 4.78 is 224. The van der Waals surface area contributed by atoms with Crippen LogP contribution in [0.5, 0.6) is 0 Å². The van der Waals surface area contributed by atoms with Crippen LogP contribution in [0.15, 0.2) is 218 Å². The number of Topliss-reactive ketones (excluding diaryl/α,β-unsaturated/α-hetero) is 1. The number of hydrogen-bond acceptors (Lipinski definition) is 21. The Morgan fingerprint density at radius 1 is 0.370 bits per heavy atom. The summed E-state index contributed by atoms with van der Waals surface area (Å²) in [6.07, 6.45) is 11.7. The molecule has 0 saturated heterocycles. The summed E-state index contributed by atoms with van der Waals surface area (Å²) in [5.41, 5.74) is 12.5. The number of furan rings is 4. The van der Waals surface area contributed by atoms with Gasteiger partial charge in [0.05, 0.1) is 62.0 Å². The summed E-state index contributed by atoms with van der Waals surface area (Å²) >= 11 is 0. The molecule has 6 aliphatic carbocycles. The number of sulfone groups is 4. The average molecular weight is 2080 g/mol. The number of carbonyl (C=O) groups excluding carboxylic acids is 6. The second-order valence-electron chi connectivity index (χ2n) is 38.5. The van der Waals surface area contributed by atoms with Crippen LogP contribution in [0.4, 0.5) is 30.7 Å². The SMILES string of the molecule is CNC(=O)c1c(-c2ccc(F)cc2)oc2cc(CS(C)(=O)=O)c(-c3ccc(F)c(C(=O)CC45CC(C4)C5)c3)cc12.CNC(=O)c1c(-c2ccc(F)cc2)oc2cc(CS(C)(=O)=O)c(-c3ccc(F)c(C(=O)O)c3)cc12.CNC(=O)c1c(-c2ccc(F)cc2)oc2cc(CS(C)(=O)=O)c(-c3ccc(F)c(C(=O)OC(C)(C)C)c3)cc12.CNC(=O)c1c(-c2ccc(F)cc2)oc2cc(CS(C)(=O)=O)c(C)cc12.NC12CC(C1)C2. The largest absolute Gasteiger partial charge is 0.478 e. The first-order valence-electron chi connectivity index (χ1n) is 45.7. The van der Waals surface area contributed by atoms with Gasteiger partial charge in [-0.3, -0.25) is 24.0 Å². The summed E-state index contributed by atoms with van der Waals surface area (Å²) in [6, 6.07) is 45.8. The van der Waals surface area contributed by atoms with E-state index in [2.05, 4.69) is 21.3 Å². The highest BCUT2D eigenvalue weighted by atomic mass is 32.2. The predicted octanol–water partition coefficient (Wildman–Crippen LogP) is 20.8. The van der Waals surface area contributed by atoms with Gasteiger partial charge in [0.15, 0.2) is 45.1 Å². The van der Waals surface area contributed by atoms with Crippen molar-refractivity contribution in [2.75, 3.05) is 53.2 Å². The van der Waals surface area contributed by atoms with E-state index in [9.17, 15) is 103 Å². The second kappa shape index (κ2) is 41.1. The number of carbonyl (C=O) groups is 7. The van der Waals surface area contributed by atoms with Gasteiger partial charge in [0.25, 0.3) is 23.6 Å². The molecule has 4 aromatic heterocycles. The van der Waals surface area contributed by atoms with Crippen LogP contribution in [0.2, 0.25) is 0 Å². The number of hydrogen-bond donors (Lipinski definition) is 6. The zero-order valence-corrected chi connectivity index (χ0v) is 84.2. The number of nitrogens with one attached hydrogen (secondary N) is 4. The molecule has 0 aliphatic heterocycles. The Hall–Kier alpha value is -14.7. The number of ketones is 1. The van der Waals surface area contributed by atoms with E-state index in [4.69, 9.17) is 28.1 Å². The lowest BCUT2D eigenvalue weighted by Gasteiger charge is -2.62. The van der Waals surface area contributed by atoms with Gasteiger partial charge in [-0.15, -0.1) is 0 Å². The number of halogens is 7. The number of carboxylic acids is 1. The average Bonchev–Trinajstić information content (AvgIpc) is 1.10. The van der Waals surface area contributed by atoms with Crippen molar-refractivity contribution in [2.24, 2.45) is 23.0 Å². The molecule has 6 saturated carbocycles. The van der Waals surface area contributed by atoms with Crippen molar-refractivity contribution in [3.8, 4) is 78.7 Å². The fraction of sp³-hybridized carbons (Fsp3) is 0.257. The smallest absolute Gasteiger partial charge is 0.341 e. The molecule has 4 amide bonds. The first-order valence-corrected chi connectivity index (χ1v) is 54.0.